The minimum absolute atomic E-state index is 0.0132. The molecule has 146 valence electrons. The van der Waals surface area contributed by atoms with Crippen LogP contribution in [0.3, 0.4) is 0 Å². The van der Waals surface area contributed by atoms with Gasteiger partial charge in [0.15, 0.2) is 5.82 Å². The van der Waals surface area contributed by atoms with Crippen molar-refractivity contribution in [1.82, 2.24) is 4.98 Å². The van der Waals surface area contributed by atoms with Crippen molar-refractivity contribution in [3.63, 3.8) is 0 Å². The zero-order valence-corrected chi connectivity index (χ0v) is 15.0. The van der Waals surface area contributed by atoms with Gasteiger partial charge in [0, 0.05) is 19.2 Å². The Morgan fingerprint density at radius 1 is 1.22 bits per heavy atom. The number of halogens is 7. The van der Waals surface area contributed by atoms with Crippen LogP contribution in [0.15, 0.2) is 29.2 Å². The average molecular weight is 428 g/mol. The van der Waals surface area contributed by atoms with Crippen molar-refractivity contribution in [3.05, 3.63) is 46.9 Å². The Morgan fingerprint density at radius 2 is 1.96 bits per heavy atom. The van der Waals surface area contributed by atoms with Gasteiger partial charge in [-0.25, -0.2) is 13.8 Å². The number of hydrogen-bond acceptors (Lipinski definition) is 4. The summed E-state index contributed by atoms with van der Waals surface area (Å²) in [5.74, 6) is -4.43. The Balaban J connectivity index is 1.80. The molecule has 1 aliphatic rings. The average Bonchev–Trinajstić information content (AvgIpc) is 3.08. The maximum Gasteiger partial charge on any atom is 0.393 e. The van der Waals surface area contributed by atoms with E-state index in [1.165, 1.54) is 17.0 Å². The minimum atomic E-state index is -4.38. The van der Waals surface area contributed by atoms with E-state index >= 15 is 0 Å². The normalized spacial score (nSPS) is 17.4. The molecular formula is C16H12ClF6N3S. The van der Waals surface area contributed by atoms with Gasteiger partial charge in [-0.15, -0.1) is 0 Å². The molecule has 3 rings (SSSR count). The van der Waals surface area contributed by atoms with E-state index in [0.717, 1.165) is 12.1 Å². The summed E-state index contributed by atoms with van der Waals surface area (Å²) in [7, 11) is 0. The van der Waals surface area contributed by atoms with Gasteiger partial charge in [0.1, 0.15) is 21.6 Å². The summed E-state index contributed by atoms with van der Waals surface area (Å²) < 4.78 is 82.8. The van der Waals surface area contributed by atoms with E-state index in [1.54, 1.807) is 0 Å². The van der Waals surface area contributed by atoms with Crippen LogP contribution in [0, 0.1) is 23.5 Å². The second-order valence-corrected chi connectivity index (χ2v) is 7.05. The standard InChI is InChI=1S/C16H12ClF6N3S/c17-13-10(26-5-4-8(7-26)16(21,22)23)6-9(18)15(14(13)20)27-25-12-3-1-2-11(19)24-12/h1-3,6,8H,4-5,7H2,(H,24,25). The lowest BCUT2D eigenvalue weighted by atomic mass is 10.1. The molecule has 1 atom stereocenters. The third-order valence-electron chi connectivity index (χ3n) is 4.06. The molecule has 1 unspecified atom stereocenters. The van der Waals surface area contributed by atoms with Crippen molar-refractivity contribution in [2.75, 3.05) is 22.7 Å². The quantitative estimate of drug-likeness (QED) is 0.295. The highest BCUT2D eigenvalue weighted by Crippen LogP contribution is 2.41. The Hall–Kier alpha value is -1.81. The summed E-state index contributed by atoms with van der Waals surface area (Å²) in [4.78, 5) is 4.20. The van der Waals surface area contributed by atoms with Gasteiger partial charge in [-0.05, 0) is 30.5 Å². The van der Waals surface area contributed by atoms with Gasteiger partial charge < -0.3 is 9.62 Å². The molecule has 1 aromatic heterocycles. The van der Waals surface area contributed by atoms with Crippen LogP contribution in [0.5, 0.6) is 0 Å². The van der Waals surface area contributed by atoms with Gasteiger partial charge in [0.2, 0.25) is 5.95 Å². The van der Waals surface area contributed by atoms with Gasteiger partial charge in [-0.3, -0.25) is 0 Å². The highest BCUT2D eigenvalue weighted by atomic mass is 35.5. The zero-order chi connectivity index (χ0) is 19.8. The zero-order valence-electron chi connectivity index (χ0n) is 13.5. The van der Waals surface area contributed by atoms with E-state index in [0.29, 0.717) is 11.9 Å². The van der Waals surface area contributed by atoms with E-state index < -0.39 is 46.1 Å². The highest BCUT2D eigenvalue weighted by Gasteiger charge is 2.44. The molecule has 2 aromatic rings. The first-order chi connectivity index (χ1) is 12.7. The number of aromatic nitrogens is 1. The fraction of sp³-hybridized carbons (Fsp3) is 0.312. The number of anilines is 2. The van der Waals surface area contributed by atoms with Crippen LogP contribution in [-0.4, -0.2) is 24.2 Å². The SMILES string of the molecule is Fc1cccc(NSc2c(F)cc(N3CCC(C(F)(F)F)C3)c(Cl)c2F)n1. The molecule has 0 spiro atoms. The highest BCUT2D eigenvalue weighted by molar-refractivity contribution is 8.00. The molecule has 1 aliphatic heterocycles. The molecule has 1 fully saturated rings. The molecule has 0 radical (unpaired) electrons. The smallest absolute Gasteiger partial charge is 0.370 e. The molecule has 0 amide bonds. The van der Waals surface area contributed by atoms with Crippen molar-refractivity contribution in [3.8, 4) is 0 Å². The fourth-order valence-corrected chi connectivity index (χ4v) is 3.70. The first-order valence-electron chi connectivity index (χ1n) is 7.71. The maximum atomic E-state index is 14.5. The van der Waals surface area contributed by atoms with Crippen LogP contribution < -0.4 is 9.62 Å². The van der Waals surface area contributed by atoms with Crippen molar-refractivity contribution >= 4 is 35.1 Å². The first kappa shape index (κ1) is 19.9. The predicted molar refractivity (Wildman–Crippen MR) is 91.4 cm³/mol. The molecule has 0 aliphatic carbocycles. The number of pyridine rings is 1. The lowest BCUT2D eigenvalue weighted by Gasteiger charge is -2.22. The van der Waals surface area contributed by atoms with E-state index in [4.69, 9.17) is 11.6 Å². The van der Waals surface area contributed by atoms with E-state index in [9.17, 15) is 26.3 Å². The molecule has 1 saturated heterocycles. The molecule has 1 N–H and O–H groups in total. The molecule has 11 heteroatoms. The Morgan fingerprint density at radius 3 is 2.59 bits per heavy atom. The van der Waals surface area contributed by atoms with Gasteiger partial charge >= 0.3 is 6.18 Å². The summed E-state index contributed by atoms with van der Waals surface area (Å²) in [5, 5.41) is -0.476. The fourth-order valence-electron chi connectivity index (χ4n) is 2.70. The maximum absolute atomic E-state index is 14.5. The minimum Gasteiger partial charge on any atom is -0.370 e. The molecule has 1 aromatic carbocycles. The summed E-state index contributed by atoms with van der Waals surface area (Å²) in [6, 6.07) is 4.75. The van der Waals surface area contributed by atoms with Crippen LogP contribution in [0.4, 0.5) is 37.8 Å². The summed E-state index contributed by atoms with van der Waals surface area (Å²) >= 11 is 6.43. The van der Waals surface area contributed by atoms with Crippen molar-refractivity contribution < 1.29 is 26.3 Å². The van der Waals surface area contributed by atoms with Crippen LogP contribution >= 0.6 is 23.5 Å². The van der Waals surface area contributed by atoms with Gasteiger partial charge in [-0.2, -0.15) is 17.6 Å². The Kier molecular flexibility index (Phi) is 5.66. The number of nitrogens with one attached hydrogen (secondary N) is 1. The number of benzene rings is 1. The Bertz CT molecular complexity index is 848. The lowest BCUT2D eigenvalue weighted by Crippen LogP contribution is -2.27. The number of alkyl halides is 3. The van der Waals surface area contributed by atoms with E-state index in [-0.39, 0.29) is 24.5 Å². The lowest BCUT2D eigenvalue weighted by molar-refractivity contribution is -0.168. The molecular weight excluding hydrogens is 416 g/mol. The second kappa shape index (κ2) is 7.67. The van der Waals surface area contributed by atoms with E-state index in [2.05, 4.69) is 9.71 Å². The molecule has 2 heterocycles. The van der Waals surface area contributed by atoms with Crippen LogP contribution in [-0.2, 0) is 0 Å². The van der Waals surface area contributed by atoms with E-state index in [1.807, 2.05) is 0 Å². The van der Waals surface area contributed by atoms with Gasteiger partial charge in [-0.1, -0.05) is 17.7 Å². The molecule has 0 bridgehead atoms. The summed E-state index contributed by atoms with van der Waals surface area (Å²) in [5.41, 5.74) is -0.133. The van der Waals surface area contributed by atoms with Gasteiger partial charge in [0.05, 0.1) is 11.6 Å². The Labute approximate surface area is 159 Å². The number of nitrogens with zero attached hydrogens (tertiary/aromatic N) is 2. The van der Waals surface area contributed by atoms with Gasteiger partial charge in [0.25, 0.3) is 0 Å². The third-order valence-corrected chi connectivity index (χ3v) is 5.31. The first-order valence-corrected chi connectivity index (χ1v) is 8.91. The molecule has 0 saturated carbocycles. The van der Waals surface area contributed by atoms with Crippen LogP contribution in [0.2, 0.25) is 5.02 Å². The molecule has 3 nitrogen and oxygen atoms in total. The van der Waals surface area contributed by atoms with Crippen molar-refractivity contribution in [2.24, 2.45) is 5.92 Å². The van der Waals surface area contributed by atoms with Crippen LogP contribution in [0.1, 0.15) is 6.42 Å². The summed E-state index contributed by atoms with van der Waals surface area (Å²) in [6.07, 6.45) is -4.55. The summed E-state index contributed by atoms with van der Waals surface area (Å²) in [6.45, 7) is -0.430. The largest absolute Gasteiger partial charge is 0.393 e. The predicted octanol–water partition coefficient (Wildman–Crippen LogP) is 5.66. The van der Waals surface area contributed by atoms with Crippen LogP contribution in [0.25, 0.3) is 0 Å². The molecule has 27 heavy (non-hydrogen) atoms. The van der Waals surface area contributed by atoms with Crippen molar-refractivity contribution in [2.45, 2.75) is 17.5 Å². The van der Waals surface area contributed by atoms with Crippen molar-refractivity contribution in [1.29, 1.82) is 0 Å². The number of rotatable bonds is 4. The topological polar surface area (TPSA) is 28.2 Å². The number of hydrogen-bond donors (Lipinski definition) is 1. The third kappa shape index (κ3) is 4.37. The second-order valence-electron chi connectivity index (χ2n) is 5.86. The monoisotopic (exact) mass is 427 g/mol.